The molecule has 0 bridgehead atoms. The van der Waals surface area contributed by atoms with E-state index in [9.17, 15) is 4.79 Å². The van der Waals surface area contributed by atoms with E-state index < -0.39 is 4.32 Å². The van der Waals surface area contributed by atoms with Gasteiger partial charge >= 0.3 is 0 Å². The Bertz CT molecular complexity index is 599. The van der Waals surface area contributed by atoms with Gasteiger partial charge in [0.2, 0.25) is 5.91 Å². The predicted octanol–water partition coefficient (Wildman–Crippen LogP) is 4.26. The summed E-state index contributed by atoms with van der Waals surface area (Å²) in [6, 6.07) is 12.2. The number of aryl methyl sites for hydroxylation is 1. The van der Waals surface area contributed by atoms with E-state index >= 15 is 0 Å². The summed E-state index contributed by atoms with van der Waals surface area (Å²) in [7, 11) is 0. The van der Waals surface area contributed by atoms with Crippen molar-refractivity contribution in [3.8, 4) is 0 Å². The van der Waals surface area contributed by atoms with Crippen LogP contribution in [0.5, 0.6) is 0 Å². The molecule has 2 rings (SSSR count). The maximum absolute atomic E-state index is 12.0. The van der Waals surface area contributed by atoms with E-state index in [1.807, 2.05) is 45.0 Å². The van der Waals surface area contributed by atoms with Crippen molar-refractivity contribution in [1.29, 1.82) is 0 Å². The molecule has 1 N–H and O–H groups in total. The summed E-state index contributed by atoms with van der Waals surface area (Å²) in [4.78, 5) is 12.0. The highest BCUT2D eigenvalue weighted by molar-refractivity contribution is 9.10. The predicted molar refractivity (Wildman–Crippen MR) is 80.3 cm³/mol. The van der Waals surface area contributed by atoms with Crippen molar-refractivity contribution in [2.75, 3.05) is 5.32 Å². The number of rotatable bonds is 2. The molecule has 0 aromatic heterocycles. The molecular weight excluding hydrogens is 290 g/mol. The number of carbonyl (C=O) groups excluding carboxylic acids is 1. The minimum atomic E-state index is -0.572. The molecule has 1 amide bonds. The molecule has 0 aliphatic carbocycles. The number of hydrogen-bond donors (Lipinski definition) is 1. The van der Waals surface area contributed by atoms with E-state index in [-0.39, 0.29) is 5.91 Å². The second kappa shape index (κ2) is 4.73. The third-order valence-electron chi connectivity index (χ3n) is 2.79. The lowest BCUT2D eigenvalue weighted by Gasteiger charge is -2.17. The van der Waals surface area contributed by atoms with E-state index in [0.717, 1.165) is 22.0 Å². The van der Waals surface area contributed by atoms with Gasteiger partial charge in [0, 0.05) is 11.1 Å². The maximum atomic E-state index is 12.0. The fourth-order valence-corrected chi connectivity index (χ4v) is 1.93. The summed E-state index contributed by atoms with van der Waals surface area (Å²) in [5.41, 5.74) is 2.00. The Kier molecular flexibility index (Phi) is 3.44. The molecule has 0 unspecified atom stereocenters. The first-order valence-electron chi connectivity index (χ1n) is 5.88. The van der Waals surface area contributed by atoms with Crippen molar-refractivity contribution in [2.45, 2.75) is 25.1 Å². The lowest BCUT2D eigenvalue weighted by atomic mass is 10.0. The Balaban J connectivity index is 2.48. The zero-order valence-electron chi connectivity index (χ0n) is 10.8. The number of halogens is 1. The molecule has 0 aliphatic rings. The number of anilines is 1. The van der Waals surface area contributed by atoms with Gasteiger partial charge in [0.25, 0.3) is 0 Å². The van der Waals surface area contributed by atoms with Gasteiger partial charge in [-0.3, -0.25) is 4.79 Å². The van der Waals surface area contributed by atoms with Crippen molar-refractivity contribution in [2.24, 2.45) is 0 Å². The highest BCUT2D eigenvalue weighted by Gasteiger charge is 2.24. The third kappa shape index (κ3) is 2.72. The second-order valence-electron chi connectivity index (χ2n) is 4.96. The molecule has 0 spiro atoms. The molecule has 0 radical (unpaired) electrons. The highest BCUT2D eigenvalue weighted by Crippen LogP contribution is 2.27. The molecule has 0 heterocycles. The lowest BCUT2D eigenvalue weighted by Crippen LogP contribution is -2.31. The summed E-state index contributed by atoms with van der Waals surface area (Å²) >= 11 is 3.37. The Morgan fingerprint density at radius 2 is 1.89 bits per heavy atom. The molecule has 0 saturated heterocycles. The van der Waals surface area contributed by atoms with Crippen molar-refractivity contribution >= 4 is 38.3 Å². The van der Waals surface area contributed by atoms with Gasteiger partial charge in [0.1, 0.15) is 0 Å². The summed E-state index contributed by atoms with van der Waals surface area (Å²) in [5.74, 6) is -0.0433. The monoisotopic (exact) mass is 305 g/mol. The largest absolute Gasteiger partial charge is 0.324 e. The smallest absolute Gasteiger partial charge is 0.240 e. The Labute approximate surface area is 116 Å². The fourth-order valence-electron chi connectivity index (χ4n) is 1.83. The highest BCUT2D eigenvalue weighted by atomic mass is 79.9. The van der Waals surface area contributed by atoms with Crippen LogP contribution in [0.15, 0.2) is 36.4 Å². The molecule has 2 aromatic carbocycles. The van der Waals surface area contributed by atoms with Crippen LogP contribution in [-0.4, -0.2) is 10.2 Å². The molecule has 0 atom stereocenters. The summed E-state index contributed by atoms with van der Waals surface area (Å²) in [6.45, 7) is 5.70. The van der Waals surface area contributed by atoms with Crippen LogP contribution in [0, 0.1) is 6.92 Å². The SMILES string of the molecule is Cc1cc(NC(=O)C(C)(C)Br)c2ccccc2c1. The standard InChI is InChI=1S/C15H16BrNO/c1-10-8-11-6-4-5-7-12(11)13(9-10)17-14(18)15(2,3)16/h4-9H,1-3H3,(H,17,18). The number of alkyl halides is 1. The van der Waals surface area contributed by atoms with Crippen LogP contribution < -0.4 is 5.32 Å². The fraction of sp³-hybridized carbons (Fsp3) is 0.267. The molecule has 3 heteroatoms. The van der Waals surface area contributed by atoms with Gasteiger partial charge in [-0.2, -0.15) is 0 Å². The van der Waals surface area contributed by atoms with Crippen molar-refractivity contribution < 1.29 is 4.79 Å². The van der Waals surface area contributed by atoms with Crippen LogP contribution in [0.1, 0.15) is 19.4 Å². The third-order valence-corrected chi connectivity index (χ3v) is 3.15. The van der Waals surface area contributed by atoms with E-state index in [2.05, 4.69) is 33.4 Å². The van der Waals surface area contributed by atoms with Gasteiger partial charge in [-0.25, -0.2) is 0 Å². The van der Waals surface area contributed by atoms with Crippen LogP contribution >= 0.6 is 15.9 Å². The quantitative estimate of drug-likeness (QED) is 0.825. The Morgan fingerprint density at radius 3 is 2.56 bits per heavy atom. The van der Waals surface area contributed by atoms with Crippen LogP contribution in [0.3, 0.4) is 0 Å². The van der Waals surface area contributed by atoms with Crippen LogP contribution in [0.2, 0.25) is 0 Å². The number of hydrogen-bond acceptors (Lipinski definition) is 1. The first-order valence-corrected chi connectivity index (χ1v) is 6.67. The van der Waals surface area contributed by atoms with Crippen LogP contribution in [0.4, 0.5) is 5.69 Å². The van der Waals surface area contributed by atoms with E-state index in [1.54, 1.807) is 0 Å². The lowest BCUT2D eigenvalue weighted by molar-refractivity contribution is -0.117. The molecule has 0 saturated carbocycles. The molecule has 0 aliphatic heterocycles. The number of amides is 1. The Morgan fingerprint density at radius 1 is 1.22 bits per heavy atom. The molecule has 2 aromatic rings. The minimum Gasteiger partial charge on any atom is -0.324 e. The van der Waals surface area contributed by atoms with Crippen molar-refractivity contribution in [3.63, 3.8) is 0 Å². The number of benzene rings is 2. The van der Waals surface area contributed by atoms with Gasteiger partial charge in [0.15, 0.2) is 0 Å². The topological polar surface area (TPSA) is 29.1 Å². The Hall–Kier alpha value is -1.35. The summed E-state index contributed by atoms with van der Waals surface area (Å²) < 4.78 is -0.572. The van der Waals surface area contributed by atoms with Gasteiger partial charge in [-0.05, 0) is 37.8 Å². The van der Waals surface area contributed by atoms with Gasteiger partial charge in [0.05, 0.1) is 4.32 Å². The van der Waals surface area contributed by atoms with Crippen LogP contribution in [-0.2, 0) is 4.79 Å². The first kappa shape index (κ1) is 13.1. The number of carbonyl (C=O) groups is 1. The minimum absolute atomic E-state index is 0.0433. The zero-order valence-corrected chi connectivity index (χ0v) is 12.3. The molecule has 18 heavy (non-hydrogen) atoms. The van der Waals surface area contributed by atoms with Crippen molar-refractivity contribution in [1.82, 2.24) is 0 Å². The average Bonchev–Trinajstić information content (AvgIpc) is 2.27. The van der Waals surface area contributed by atoms with E-state index in [1.165, 1.54) is 0 Å². The average molecular weight is 306 g/mol. The van der Waals surface area contributed by atoms with E-state index in [4.69, 9.17) is 0 Å². The molecule has 2 nitrogen and oxygen atoms in total. The zero-order chi connectivity index (χ0) is 13.3. The van der Waals surface area contributed by atoms with Gasteiger partial charge in [-0.1, -0.05) is 46.3 Å². The van der Waals surface area contributed by atoms with Gasteiger partial charge in [-0.15, -0.1) is 0 Å². The summed E-state index contributed by atoms with van der Waals surface area (Å²) in [6.07, 6.45) is 0. The molecule has 94 valence electrons. The molecular formula is C15H16BrNO. The maximum Gasteiger partial charge on any atom is 0.240 e. The normalized spacial score (nSPS) is 11.6. The van der Waals surface area contributed by atoms with Gasteiger partial charge < -0.3 is 5.32 Å². The number of fused-ring (bicyclic) bond motifs is 1. The first-order chi connectivity index (χ1) is 8.38. The van der Waals surface area contributed by atoms with Crippen molar-refractivity contribution in [3.05, 3.63) is 42.0 Å². The van der Waals surface area contributed by atoms with E-state index in [0.29, 0.717) is 0 Å². The summed E-state index contributed by atoms with van der Waals surface area (Å²) in [5, 5.41) is 5.18. The van der Waals surface area contributed by atoms with Crippen LogP contribution in [0.25, 0.3) is 10.8 Å². The molecule has 0 fully saturated rings. The number of nitrogens with one attached hydrogen (secondary N) is 1. The second-order valence-corrected chi connectivity index (χ2v) is 6.94.